The summed E-state index contributed by atoms with van der Waals surface area (Å²) in [5.41, 5.74) is -0.652. The van der Waals surface area contributed by atoms with Crippen molar-refractivity contribution in [1.29, 1.82) is 0 Å². The summed E-state index contributed by atoms with van der Waals surface area (Å²) in [4.78, 5) is 12.2. The molecule has 0 spiro atoms. The molecule has 2 aromatic carbocycles. The molecule has 21 heavy (non-hydrogen) atoms. The Balaban J connectivity index is 2.43. The molecule has 0 radical (unpaired) electrons. The summed E-state index contributed by atoms with van der Waals surface area (Å²) in [7, 11) is 0. The molecule has 0 saturated heterocycles. The minimum atomic E-state index is -4.79. The van der Waals surface area contributed by atoms with E-state index in [1.54, 1.807) is 13.0 Å². The molecule has 0 bridgehead atoms. The van der Waals surface area contributed by atoms with Gasteiger partial charge in [-0.05, 0) is 42.8 Å². The Labute approximate surface area is 123 Å². The topological polar surface area (TPSA) is 17.1 Å². The third-order valence-corrected chi connectivity index (χ3v) is 3.06. The number of aryl methyl sites for hydroxylation is 1. The van der Waals surface area contributed by atoms with Crippen LogP contribution in [0.5, 0.6) is 0 Å². The molecule has 0 aliphatic rings. The van der Waals surface area contributed by atoms with Gasteiger partial charge in [0.2, 0.25) is 0 Å². The summed E-state index contributed by atoms with van der Waals surface area (Å²) in [5.74, 6) is -2.07. The van der Waals surface area contributed by atoms with E-state index >= 15 is 0 Å². The average Bonchev–Trinajstić information content (AvgIpc) is 2.35. The zero-order valence-electron chi connectivity index (χ0n) is 10.8. The van der Waals surface area contributed by atoms with Crippen molar-refractivity contribution in [3.05, 3.63) is 69.5 Å². The van der Waals surface area contributed by atoms with Crippen LogP contribution in [0, 0.1) is 12.7 Å². The molecule has 0 aliphatic carbocycles. The van der Waals surface area contributed by atoms with Crippen molar-refractivity contribution in [2.75, 3.05) is 0 Å². The SMILES string of the molecule is Cc1cc(Cl)cc(C(=O)c2ccc(C(F)(F)F)c(F)c2)c1. The lowest BCUT2D eigenvalue weighted by Crippen LogP contribution is -2.10. The van der Waals surface area contributed by atoms with Crippen LogP contribution in [-0.2, 0) is 6.18 Å². The maximum absolute atomic E-state index is 13.5. The normalized spacial score (nSPS) is 11.5. The van der Waals surface area contributed by atoms with E-state index in [0.717, 1.165) is 11.6 Å². The van der Waals surface area contributed by atoms with Crippen molar-refractivity contribution in [3.8, 4) is 0 Å². The minimum Gasteiger partial charge on any atom is -0.289 e. The van der Waals surface area contributed by atoms with Crippen molar-refractivity contribution >= 4 is 17.4 Å². The van der Waals surface area contributed by atoms with E-state index in [4.69, 9.17) is 11.6 Å². The molecule has 0 fully saturated rings. The standard InChI is InChI=1S/C15H9ClF4O/c1-8-4-10(6-11(16)5-8)14(21)9-2-3-12(13(17)7-9)15(18,19)20/h2-7H,1H3. The summed E-state index contributed by atoms with van der Waals surface area (Å²) in [5, 5.41) is 0.325. The summed E-state index contributed by atoms with van der Waals surface area (Å²) in [6, 6.07) is 6.63. The molecule has 0 N–H and O–H groups in total. The Bertz CT molecular complexity index is 687. The number of ketones is 1. The monoisotopic (exact) mass is 316 g/mol. The van der Waals surface area contributed by atoms with Crippen LogP contribution in [0.3, 0.4) is 0 Å². The van der Waals surface area contributed by atoms with Crippen LogP contribution in [0.15, 0.2) is 36.4 Å². The van der Waals surface area contributed by atoms with E-state index in [0.29, 0.717) is 17.2 Å². The number of carbonyl (C=O) groups excluding carboxylic acids is 1. The molecule has 0 atom stereocenters. The van der Waals surface area contributed by atoms with Gasteiger partial charge in [0.15, 0.2) is 5.78 Å². The van der Waals surface area contributed by atoms with Gasteiger partial charge in [-0.2, -0.15) is 13.2 Å². The Kier molecular flexibility index (Phi) is 4.05. The lowest BCUT2D eigenvalue weighted by Gasteiger charge is -2.09. The van der Waals surface area contributed by atoms with Crippen molar-refractivity contribution in [2.24, 2.45) is 0 Å². The molecule has 0 heterocycles. The van der Waals surface area contributed by atoms with E-state index in [1.807, 2.05) is 0 Å². The lowest BCUT2D eigenvalue weighted by molar-refractivity contribution is -0.140. The predicted molar refractivity (Wildman–Crippen MR) is 71.0 cm³/mol. The van der Waals surface area contributed by atoms with Crippen LogP contribution >= 0.6 is 11.6 Å². The zero-order valence-corrected chi connectivity index (χ0v) is 11.5. The maximum Gasteiger partial charge on any atom is 0.419 e. The number of benzene rings is 2. The zero-order chi connectivity index (χ0) is 15.8. The van der Waals surface area contributed by atoms with Gasteiger partial charge in [-0.3, -0.25) is 4.79 Å². The molecule has 0 aromatic heterocycles. The smallest absolute Gasteiger partial charge is 0.289 e. The third-order valence-electron chi connectivity index (χ3n) is 2.84. The van der Waals surface area contributed by atoms with E-state index in [9.17, 15) is 22.4 Å². The van der Waals surface area contributed by atoms with Gasteiger partial charge in [0.25, 0.3) is 0 Å². The van der Waals surface area contributed by atoms with Gasteiger partial charge in [0.05, 0.1) is 5.56 Å². The molecule has 110 valence electrons. The molecular formula is C15H9ClF4O. The van der Waals surface area contributed by atoms with Crippen LogP contribution in [-0.4, -0.2) is 5.78 Å². The van der Waals surface area contributed by atoms with Crippen molar-refractivity contribution in [2.45, 2.75) is 13.1 Å². The highest BCUT2D eigenvalue weighted by Crippen LogP contribution is 2.32. The highest BCUT2D eigenvalue weighted by molar-refractivity contribution is 6.31. The van der Waals surface area contributed by atoms with Crippen LogP contribution in [0.25, 0.3) is 0 Å². The first kappa shape index (κ1) is 15.5. The number of alkyl halides is 3. The molecule has 0 unspecified atom stereocenters. The summed E-state index contributed by atoms with van der Waals surface area (Å²) in [6.07, 6.45) is -4.79. The van der Waals surface area contributed by atoms with Crippen LogP contribution in [0.4, 0.5) is 17.6 Å². The van der Waals surface area contributed by atoms with E-state index in [2.05, 4.69) is 0 Å². The Hall–Kier alpha value is -1.88. The van der Waals surface area contributed by atoms with Crippen molar-refractivity contribution < 1.29 is 22.4 Å². The fourth-order valence-corrected chi connectivity index (χ4v) is 2.21. The van der Waals surface area contributed by atoms with E-state index < -0.39 is 23.3 Å². The van der Waals surface area contributed by atoms with Gasteiger partial charge in [-0.1, -0.05) is 17.7 Å². The Morgan fingerprint density at radius 3 is 2.24 bits per heavy atom. The molecule has 6 heteroatoms. The summed E-state index contributed by atoms with van der Waals surface area (Å²) in [6.45, 7) is 1.72. The summed E-state index contributed by atoms with van der Waals surface area (Å²) < 4.78 is 50.9. The number of hydrogen-bond acceptors (Lipinski definition) is 1. The predicted octanol–water partition coefficient (Wildman–Crippen LogP) is 5.04. The second kappa shape index (κ2) is 5.48. The highest BCUT2D eigenvalue weighted by atomic mass is 35.5. The first-order valence-electron chi connectivity index (χ1n) is 5.87. The van der Waals surface area contributed by atoms with E-state index in [-0.39, 0.29) is 11.1 Å². The second-order valence-corrected chi connectivity index (χ2v) is 4.98. The molecule has 0 amide bonds. The molecule has 0 aliphatic heterocycles. The molecular weight excluding hydrogens is 308 g/mol. The van der Waals surface area contributed by atoms with Gasteiger partial charge in [0, 0.05) is 16.1 Å². The minimum absolute atomic E-state index is 0.165. The second-order valence-electron chi connectivity index (χ2n) is 4.54. The largest absolute Gasteiger partial charge is 0.419 e. The lowest BCUT2D eigenvalue weighted by atomic mass is 10.00. The highest BCUT2D eigenvalue weighted by Gasteiger charge is 2.34. The van der Waals surface area contributed by atoms with Gasteiger partial charge in [-0.25, -0.2) is 4.39 Å². The van der Waals surface area contributed by atoms with Crippen molar-refractivity contribution in [1.82, 2.24) is 0 Å². The molecule has 1 nitrogen and oxygen atoms in total. The van der Waals surface area contributed by atoms with Crippen molar-refractivity contribution in [3.63, 3.8) is 0 Å². The Morgan fingerprint density at radius 2 is 1.71 bits per heavy atom. The van der Waals surface area contributed by atoms with Crippen LogP contribution in [0.2, 0.25) is 5.02 Å². The molecule has 2 aromatic rings. The van der Waals surface area contributed by atoms with Gasteiger partial charge < -0.3 is 0 Å². The third kappa shape index (κ3) is 3.42. The maximum atomic E-state index is 13.5. The van der Waals surface area contributed by atoms with Crippen LogP contribution in [0.1, 0.15) is 27.0 Å². The Morgan fingerprint density at radius 1 is 1.05 bits per heavy atom. The van der Waals surface area contributed by atoms with Gasteiger partial charge in [-0.15, -0.1) is 0 Å². The average molecular weight is 317 g/mol. The van der Waals surface area contributed by atoms with Gasteiger partial charge >= 0.3 is 6.18 Å². The number of carbonyl (C=O) groups is 1. The number of halogens is 5. The molecule has 0 saturated carbocycles. The fraction of sp³-hybridized carbons (Fsp3) is 0.133. The van der Waals surface area contributed by atoms with Crippen LogP contribution < -0.4 is 0 Å². The quantitative estimate of drug-likeness (QED) is 0.560. The number of hydrogen-bond donors (Lipinski definition) is 0. The van der Waals surface area contributed by atoms with Gasteiger partial charge in [0.1, 0.15) is 5.82 Å². The fourth-order valence-electron chi connectivity index (χ4n) is 1.92. The first-order chi connectivity index (χ1) is 9.68. The number of rotatable bonds is 2. The molecule has 2 rings (SSSR count). The summed E-state index contributed by atoms with van der Waals surface area (Å²) >= 11 is 5.82. The first-order valence-corrected chi connectivity index (χ1v) is 6.25. The van der Waals surface area contributed by atoms with E-state index in [1.165, 1.54) is 12.1 Å².